The van der Waals surface area contributed by atoms with Gasteiger partial charge in [-0.2, -0.15) is 0 Å². The summed E-state index contributed by atoms with van der Waals surface area (Å²) in [6, 6.07) is 14.1. The topological polar surface area (TPSA) is 47.4 Å². The van der Waals surface area contributed by atoms with Crippen molar-refractivity contribution < 1.29 is 4.74 Å². The van der Waals surface area contributed by atoms with E-state index < -0.39 is 0 Å². The molecule has 0 amide bonds. The lowest BCUT2D eigenvalue weighted by atomic mass is 9.96. The van der Waals surface area contributed by atoms with Crippen molar-refractivity contribution in [3.05, 3.63) is 64.2 Å². The van der Waals surface area contributed by atoms with Gasteiger partial charge in [0.25, 0.3) is 5.56 Å². The lowest BCUT2D eigenvalue weighted by Gasteiger charge is -2.36. The van der Waals surface area contributed by atoms with Crippen molar-refractivity contribution >= 4 is 10.9 Å². The molecular weight excluding hydrogens is 398 g/mol. The number of aromatic nitrogens is 2. The Morgan fingerprint density at radius 1 is 1.12 bits per heavy atom. The van der Waals surface area contributed by atoms with Gasteiger partial charge in [0, 0.05) is 25.0 Å². The number of para-hydroxylation sites is 1. The largest absolute Gasteiger partial charge is 0.457 e. The summed E-state index contributed by atoms with van der Waals surface area (Å²) in [4.78, 5) is 21.1. The Morgan fingerprint density at radius 3 is 2.62 bits per heavy atom. The van der Waals surface area contributed by atoms with Crippen LogP contribution in [0.25, 0.3) is 10.9 Å². The van der Waals surface area contributed by atoms with Crippen LogP contribution in [0.5, 0.6) is 11.5 Å². The minimum Gasteiger partial charge on any atom is -0.457 e. The molecule has 0 spiro atoms. The van der Waals surface area contributed by atoms with E-state index in [4.69, 9.17) is 9.72 Å². The molecule has 1 aliphatic heterocycles. The monoisotopic (exact) mass is 433 g/mol. The Balaban J connectivity index is 1.71. The van der Waals surface area contributed by atoms with E-state index in [0.717, 1.165) is 48.7 Å². The first-order chi connectivity index (χ1) is 15.3. The van der Waals surface area contributed by atoms with Gasteiger partial charge in [-0.3, -0.25) is 9.36 Å². The van der Waals surface area contributed by atoms with Crippen molar-refractivity contribution in [1.82, 2.24) is 14.5 Å². The number of nitrogens with zero attached hydrogens (tertiary/aromatic N) is 3. The van der Waals surface area contributed by atoms with E-state index in [0.29, 0.717) is 23.1 Å². The highest BCUT2D eigenvalue weighted by Crippen LogP contribution is 2.28. The molecule has 2 heterocycles. The first-order valence-corrected chi connectivity index (χ1v) is 11.9. The van der Waals surface area contributed by atoms with Crippen molar-refractivity contribution in [2.45, 2.75) is 66.0 Å². The van der Waals surface area contributed by atoms with Crippen LogP contribution in [0.1, 0.15) is 57.8 Å². The molecule has 4 rings (SSSR count). The predicted molar refractivity (Wildman–Crippen MR) is 131 cm³/mol. The molecule has 0 unspecified atom stereocenters. The predicted octanol–water partition coefficient (Wildman–Crippen LogP) is 5.74. The average Bonchev–Trinajstić information content (AvgIpc) is 2.77. The molecule has 1 saturated heterocycles. The molecule has 5 nitrogen and oxygen atoms in total. The highest BCUT2D eigenvalue weighted by atomic mass is 16.5. The lowest BCUT2D eigenvalue weighted by molar-refractivity contribution is 0.129. The Morgan fingerprint density at radius 2 is 1.91 bits per heavy atom. The zero-order valence-electron chi connectivity index (χ0n) is 20.0. The van der Waals surface area contributed by atoms with E-state index in [1.165, 1.54) is 6.42 Å². The van der Waals surface area contributed by atoms with Crippen LogP contribution in [0.15, 0.2) is 47.3 Å². The van der Waals surface area contributed by atoms with Gasteiger partial charge in [0.1, 0.15) is 17.3 Å². The van der Waals surface area contributed by atoms with Gasteiger partial charge in [-0.05, 0) is 75.9 Å². The van der Waals surface area contributed by atoms with Gasteiger partial charge in [-0.1, -0.05) is 32.0 Å². The summed E-state index contributed by atoms with van der Waals surface area (Å²) < 4.78 is 8.03. The second-order valence-electron chi connectivity index (χ2n) is 9.68. The first kappa shape index (κ1) is 22.5. The van der Waals surface area contributed by atoms with E-state index in [2.05, 4.69) is 32.6 Å². The average molecular weight is 434 g/mol. The third kappa shape index (κ3) is 4.73. The van der Waals surface area contributed by atoms with Crippen molar-refractivity contribution in [2.75, 3.05) is 13.1 Å². The van der Waals surface area contributed by atoms with Crippen LogP contribution in [0.4, 0.5) is 0 Å². The molecule has 1 aromatic heterocycles. The summed E-state index contributed by atoms with van der Waals surface area (Å²) >= 11 is 0. The summed E-state index contributed by atoms with van der Waals surface area (Å²) in [5.74, 6) is 2.98. The van der Waals surface area contributed by atoms with Gasteiger partial charge in [-0.15, -0.1) is 0 Å². The number of hydrogen-bond acceptors (Lipinski definition) is 4. The SMILES string of the molecule is Cc1ccccc1Oc1ccc2nc(C(C)C)n(C[C@H]3CCCN(C(C)C)C3)c(=O)c2c1. The number of ether oxygens (including phenoxy) is 1. The van der Waals surface area contributed by atoms with Crippen molar-refractivity contribution in [3.8, 4) is 11.5 Å². The second-order valence-corrected chi connectivity index (χ2v) is 9.68. The lowest BCUT2D eigenvalue weighted by Crippen LogP contribution is -2.42. The number of piperidine rings is 1. The molecule has 0 aliphatic carbocycles. The number of likely N-dealkylation sites (tertiary alicyclic amines) is 1. The van der Waals surface area contributed by atoms with Crippen molar-refractivity contribution in [1.29, 1.82) is 0 Å². The molecule has 1 fully saturated rings. The van der Waals surface area contributed by atoms with Crippen LogP contribution in [-0.4, -0.2) is 33.6 Å². The zero-order valence-corrected chi connectivity index (χ0v) is 20.0. The Labute approximate surface area is 191 Å². The molecule has 1 aliphatic rings. The van der Waals surface area contributed by atoms with E-state index in [9.17, 15) is 4.79 Å². The molecule has 32 heavy (non-hydrogen) atoms. The smallest absolute Gasteiger partial charge is 0.261 e. The van der Waals surface area contributed by atoms with E-state index >= 15 is 0 Å². The van der Waals surface area contributed by atoms with Crippen LogP contribution >= 0.6 is 0 Å². The third-order valence-corrected chi connectivity index (χ3v) is 6.51. The van der Waals surface area contributed by atoms with Crippen LogP contribution in [0.2, 0.25) is 0 Å². The maximum atomic E-state index is 13.7. The van der Waals surface area contributed by atoms with Gasteiger partial charge in [-0.25, -0.2) is 4.98 Å². The fraction of sp³-hybridized carbons (Fsp3) is 0.481. The normalized spacial score (nSPS) is 17.4. The first-order valence-electron chi connectivity index (χ1n) is 11.9. The summed E-state index contributed by atoms with van der Waals surface area (Å²) in [7, 11) is 0. The number of aryl methyl sites for hydroxylation is 1. The summed E-state index contributed by atoms with van der Waals surface area (Å²) in [5.41, 5.74) is 1.83. The summed E-state index contributed by atoms with van der Waals surface area (Å²) in [5, 5.41) is 0.622. The van der Waals surface area contributed by atoms with Gasteiger partial charge in [0.05, 0.1) is 10.9 Å². The Hall–Kier alpha value is -2.66. The minimum absolute atomic E-state index is 0.0376. The Bertz CT molecular complexity index is 1150. The maximum absolute atomic E-state index is 13.7. The number of fused-ring (bicyclic) bond motifs is 1. The molecule has 5 heteroatoms. The quantitative estimate of drug-likeness (QED) is 0.497. The highest BCUT2D eigenvalue weighted by Gasteiger charge is 2.24. The minimum atomic E-state index is 0.0376. The highest BCUT2D eigenvalue weighted by molar-refractivity contribution is 5.79. The van der Waals surface area contributed by atoms with Gasteiger partial charge < -0.3 is 9.64 Å². The number of benzene rings is 2. The Kier molecular flexibility index (Phi) is 6.66. The van der Waals surface area contributed by atoms with Crippen molar-refractivity contribution in [3.63, 3.8) is 0 Å². The number of hydrogen-bond donors (Lipinski definition) is 0. The van der Waals surface area contributed by atoms with Crippen LogP contribution in [-0.2, 0) is 6.54 Å². The number of rotatable bonds is 6. The molecule has 0 bridgehead atoms. The molecule has 170 valence electrons. The van der Waals surface area contributed by atoms with E-state index in [1.54, 1.807) is 0 Å². The molecule has 2 aromatic carbocycles. The van der Waals surface area contributed by atoms with Gasteiger partial charge in [0.15, 0.2) is 0 Å². The molecular formula is C27H35N3O2. The molecule has 0 N–H and O–H groups in total. The zero-order chi connectivity index (χ0) is 22.8. The fourth-order valence-corrected chi connectivity index (χ4v) is 4.67. The van der Waals surface area contributed by atoms with Gasteiger partial charge in [0.2, 0.25) is 0 Å². The maximum Gasteiger partial charge on any atom is 0.261 e. The third-order valence-electron chi connectivity index (χ3n) is 6.51. The van der Waals surface area contributed by atoms with E-state index in [-0.39, 0.29) is 11.5 Å². The van der Waals surface area contributed by atoms with E-state index in [1.807, 2.05) is 54.0 Å². The molecule has 3 aromatic rings. The van der Waals surface area contributed by atoms with Gasteiger partial charge >= 0.3 is 0 Å². The summed E-state index contributed by atoms with van der Waals surface area (Å²) in [6.45, 7) is 13.7. The van der Waals surface area contributed by atoms with Crippen LogP contribution in [0, 0.1) is 12.8 Å². The molecule has 0 radical (unpaired) electrons. The standard InChI is InChI=1S/C27H35N3O2/c1-18(2)26-28-24-13-12-22(32-25-11-7-6-9-20(25)5)15-23(24)27(31)30(26)17-21-10-8-14-29(16-21)19(3)4/h6-7,9,11-13,15,18-19,21H,8,10,14,16-17H2,1-5H3/t21-/m0/s1. The van der Waals surface area contributed by atoms with Crippen LogP contribution < -0.4 is 10.3 Å². The molecule has 0 saturated carbocycles. The molecule has 1 atom stereocenters. The van der Waals surface area contributed by atoms with Crippen molar-refractivity contribution in [2.24, 2.45) is 5.92 Å². The van der Waals surface area contributed by atoms with Crippen LogP contribution in [0.3, 0.4) is 0 Å². The fourth-order valence-electron chi connectivity index (χ4n) is 4.67. The summed E-state index contributed by atoms with van der Waals surface area (Å²) in [6.07, 6.45) is 2.34. The second kappa shape index (κ2) is 9.45.